The van der Waals surface area contributed by atoms with Crippen molar-refractivity contribution in [2.45, 2.75) is 6.92 Å². The van der Waals surface area contributed by atoms with Crippen molar-refractivity contribution in [1.82, 2.24) is 0 Å². The smallest absolute Gasteiger partial charge is 0.197 e. The standard InChI is InChI=1S/C19H13NO2/c1-12(2)19-17(15-5-3-4-6-16(15)22-19)18(21)14-9-7-13(11-20)8-10-14/h3-10H,1H2,2H3. The number of nitrogens with zero attached hydrogens (tertiary/aromatic N) is 1. The monoisotopic (exact) mass is 287 g/mol. The fourth-order valence-electron chi connectivity index (χ4n) is 2.41. The third-order valence-corrected chi connectivity index (χ3v) is 3.49. The van der Waals surface area contributed by atoms with Crippen molar-refractivity contribution in [1.29, 1.82) is 5.26 Å². The van der Waals surface area contributed by atoms with E-state index >= 15 is 0 Å². The van der Waals surface area contributed by atoms with Crippen LogP contribution in [0.3, 0.4) is 0 Å². The zero-order valence-electron chi connectivity index (χ0n) is 12.1. The van der Waals surface area contributed by atoms with Crippen molar-refractivity contribution < 1.29 is 9.21 Å². The molecule has 3 heteroatoms. The predicted molar refractivity (Wildman–Crippen MR) is 85.5 cm³/mol. The van der Waals surface area contributed by atoms with E-state index in [2.05, 4.69) is 6.58 Å². The van der Waals surface area contributed by atoms with Gasteiger partial charge in [0, 0.05) is 10.9 Å². The van der Waals surface area contributed by atoms with Crippen molar-refractivity contribution >= 4 is 22.3 Å². The molecule has 1 heterocycles. The maximum atomic E-state index is 12.9. The van der Waals surface area contributed by atoms with Crippen LogP contribution in [0.25, 0.3) is 16.5 Å². The number of benzene rings is 2. The van der Waals surface area contributed by atoms with Gasteiger partial charge in [-0.1, -0.05) is 24.8 Å². The number of carbonyl (C=O) groups is 1. The summed E-state index contributed by atoms with van der Waals surface area (Å²) in [6.07, 6.45) is 0. The van der Waals surface area contributed by atoms with E-state index in [1.54, 1.807) is 24.3 Å². The first kappa shape index (κ1) is 13.8. The zero-order chi connectivity index (χ0) is 15.7. The summed E-state index contributed by atoms with van der Waals surface area (Å²) >= 11 is 0. The van der Waals surface area contributed by atoms with Crippen LogP contribution in [-0.4, -0.2) is 5.78 Å². The molecule has 0 saturated carbocycles. The molecule has 0 N–H and O–H groups in total. The third-order valence-electron chi connectivity index (χ3n) is 3.49. The van der Waals surface area contributed by atoms with Crippen molar-refractivity contribution in [2.75, 3.05) is 0 Å². The molecule has 0 bridgehead atoms. The second-order valence-electron chi connectivity index (χ2n) is 5.10. The average molecular weight is 287 g/mol. The lowest BCUT2D eigenvalue weighted by Gasteiger charge is -2.03. The number of ketones is 1. The van der Waals surface area contributed by atoms with Gasteiger partial charge in [0.15, 0.2) is 5.78 Å². The molecule has 2 aromatic carbocycles. The molecule has 22 heavy (non-hydrogen) atoms. The van der Waals surface area contributed by atoms with Gasteiger partial charge < -0.3 is 4.42 Å². The van der Waals surface area contributed by atoms with Gasteiger partial charge in [0.1, 0.15) is 11.3 Å². The van der Waals surface area contributed by atoms with Crippen LogP contribution in [0.5, 0.6) is 0 Å². The summed E-state index contributed by atoms with van der Waals surface area (Å²) < 4.78 is 5.78. The minimum absolute atomic E-state index is 0.132. The minimum Gasteiger partial charge on any atom is -0.456 e. The molecular weight excluding hydrogens is 274 g/mol. The summed E-state index contributed by atoms with van der Waals surface area (Å²) in [5.74, 6) is 0.378. The topological polar surface area (TPSA) is 54.0 Å². The second-order valence-corrected chi connectivity index (χ2v) is 5.10. The van der Waals surface area contributed by atoms with Gasteiger partial charge in [0.25, 0.3) is 0 Å². The Hall–Kier alpha value is -3.12. The number of hydrogen-bond donors (Lipinski definition) is 0. The number of carbonyl (C=O) groups excluding carboxylic acids is 1. The maximum Gasteiger partial charge on any atom is 0.197 e. The van der Waals surface area contributed by atoms with Crippen LogP contribution in [0.2, 0.25) is 0 Å². The van der Waals surface area contributed by atoms with E-state index in [4.69, 9.17) is 9.68 Å². The molecule has 1 aromatic heterocycles. The summed E-state index contributed by atoms with van der Waals surface area (Å²) in [6, 6.07) is 16.1. The first-order chi connectivity index (χ1) is 10.6. The number of para-hydroxylation sites is 1. The number of nitriles is 1. The van der Waals surface area contributed by atoms with Gasteiger partial charge in [-0.3, -0.25) is 4.79 Å². The Bertz CT molecular complexity index is 924. The van der Waals surface area contributed by atoms with Crippen LogP contribution in [0.15, 0.2) is 59.5 Å². The van der Waals surface area contributed by atoms with Crippen LogP contribution in [0.1, 0.15) is 34.2 Å². The summed E-state index contributed by atoms with van der Waals surface area (Å²) in [6.45, 7) is 5.71. The molecule has 3 rings (SSSR count). The summed E-state index contributed by atoms with van der Waals surface area (Å²) in [5, 5.41) is 9.62. The fraction of sp³-hybridized carbons (Fsp3) is 0.0526. The SMILES string of the molecule is C=C(C)c1oc2ccccc2c1C(=O)c1ccc(C#N)cc1. The number of hydrogen-bond acceptors (Lipinski definition) is 3. The van der Waals surface area contributed by atoms with Gasteiger partial charge in [0.05, 0.1) is 17.2 Å². The third kappa shape index (κ3) is 2.21. The highest BCUT2D eigenvalue weighted by Crippen LogP contribution is 2.31. The van der Waals surface area contributed by atoms with Gasteiger partial charge >= 0.3 is 0 Å². The Labute approximate surface area is 128 Å². The van der Waals surface area contributed by atoms with Gasteiger partial charge in [0.2, 0.25) is 0 Å². The Kier molecular flexibility index (Phi) is 3.36. The lowest BCUT2D eigenvalue weighted by molar-refractivity contribution is 0.103. The van der Waals surface area contributed by atoms with Crippen LogP contribution < -0.4 is 0 Å². The molecule has 0 aliphatic heterocycles. The fourth-order valence-corrected chi connectivity index (χ4v) is 2.41. The van der Waals surface area contributed by atoms with Crippen molar-refractivity contribution in [3.63, 3.8) is 0 Å². The maximum absolute atomic E-state index is 12.9. The summed E-state index contributed by atoms with van der Waals surface area (Å²) in [4.78, 5) is 12.9. The summed E-state index contributed by atoms with van der Waals surface area (Å²) in [5.41, 5.74) is 2.93. The van der Waals surface area contributed by atoms with Crippen LogP contribution in [0, 0.1) is 11.3 Å². The second kappa shape index (κ2) is 5.34. The average Bonchev–Trinajstić information content (AvgIpc) is 2.94. The van der Waals surface area contributed by atoms with E-state index < -0.39 is 0 Å². The van der Waals surface area contributed by atoms with Crippen molar-refractivity contribution in [2.24, 2.45) is 0 Å². The Morgan fingerprint density at radius 1 is 1.14 bits per heavy atom. The van der Waals surface area contributed by atoms with E-state index in [-0.39, 0.29) is 5.78 Å². The van der Waals surface area contributed by atoms with E-state index in [1.165, 1.54) is 0 Å². The first-order valence-corrected chi connectivity index (χ1v) is 6.84. The quantitative estimate of drug-likeness (QED) is 0.663. The van der Waals surface area contributed by atoms with Crippen molar-refractivity contribution in [3.8, 4) is 6.07 Å². The van der Waals surface area contributed by atoms with E-state index in [9.17, 15) is 4.79 Å². The number of furan rings is 1. The van der Waals surface area contributed by atoms with Gasteiger partial charge in [-0.2, -0.15) is 5.26 Å². The highest BCUT2D eigenvalue weighted by atomic mass is 16.3. The predicted octanol–water partition coefficient (Wildman–Crippen LogP) is 4.57. The number of rotatable bonds is 3. The van der Waals surface area contributed by atoms with Crippen LogP contribution in [0.4, 0.5) is 0 Å². The van der Waals surface area contributed by atoms with E-state index in [0.29, 0.717) is 33.6 Å². The molecule has 0 radical (unpaired) electrons. The van der Waals surface area contributed by atoms with E-state index in [0.717, 1.165) is 5.39 Å². The number of fused-ring (bicyclic) bond motifs is 1. The van der Waals surface area contributed by atoms with Gasteiger partial charge in [-0.05, 0) is 42.8 Å². The molecule has 0 saturated heterocycles. The molecule has 0 amide bonds. The molecule has 0 aliphatic rings. The van der Waals surface area contributed by atoms with Crippen LogP contribution in [-0.2, 0) is 0 Å². The molecule has 0 spiro atoms. The minimum atomic E-state index is -0.132. The summed E-state index contributed by atoms with van der Waals surface area (Å²) in [7, 11) is 0. The molecule has 0 atom stereocenters. The molecule has 3 nitrogen and oxygen atoms in total. The molecule has 3 aromatic rings. The molecule has 0 fully saturated rings. The molecule has 0 unspecified atom stereocenters. The normalized spacial score (nSPS) is 10.4. The Morgan fingerprint density at radius 2 is 1.82 bits per heavy atom. The number of allylic oxidation sites excluding steroid dienone is 1. The van der Waals surface area contributed by atoms with Crippen molar-refractivity contribution in [3.05, 3.63) is 77.6 Å². The largest absolute Gasteiger partial charge is 0.456 e. The first-order valence-electron chi connectivity index (χ1n) is 6.84. The molecule has 106 valence electrons. The molecular formula is C19H13NO2. The highest BCUT2D eigenvalue weighted by Gasteiger charge is 2.22. The van der Waals surface area contributed by atoms with Gasteiger partial charge in [-0.15, -0.1) is 0 Å². The lowest BCUT2D eigenvalue weighted by Crippen LogP contribution is -2.03. The Balaban J connectivity index is 2.19. The highest BCUT2D eigenvalue weighted by molar-refractivity contribution is 6.18. The lowest BCUT2D eigenvalue weighted by atomic mass is 9.97. The zero-order valence-corrected chi connectivity index (χ0v) is 12.1. The van der Waals surface area contributed by atoms with Gasteiger partial charge in [-0.25, -0.2) is 0 Å². The Morgan fingerprint density at radius 3 is 2.45 bits per heavy atom. The molecule has 0 aliphatic carbocycles. The van der Waals surface area contributed by atoms with E-state index in [1.807, 2.05) is 37.3 Å². The van der Waals surface area contributed by atoms with Crippen LogP contribution >= 0.6 is 0 Å².